The molecule has 0 saturated heterocycles. The van der Waals surface area contributed by atoms with Crippen molar-refractivity contribution in [2.75, 3.05) is 12.0 Å². The number of rotatable bonds is 4. The number of aliphatic hydroxyl groups excluding tert-OH is 1. The number of Topliss-reactive ketones (excluding diaryl/α,β-unsaturated/α-hetero) is 2. The van der Waals surface area contributed by atoms with Gasteiger partial charge in [-0.1, -0.05) is 43.1 Å². The lowest BCUT2D eigenvalue weighted by atomic mass is 9.78. The summed E-state index contributed by atoms with van der Waals surface area (Å²) in [6.45, 7) is 3.29. The zero-order valence-corrected chi connectivity index (χ0v) is 18.5. The molecule has 0 radical (unpaired) electrons. The van der Waals surface area contributed by atoms with Gasteiger partial charge in [-0.2, -0.15) is 0 Å². The Hall–Kier alpha value is -2.83. The quantitative estimate of drug-likeness (QED) is 0.731. The molecule has 1 aliphatic heterocycles. The van der Waals surface area contributed by atoms with E-state index in [1.54, 1.807) is 44.2 Å². The van der Waals surface area contributed by atoms with E-state index in [9.17, 15) is 19.5 Å². The third-order valence-corrected chi connectivity index (χ3v) is 6.17. The first-order valence-electron chi connectivity index (χ1n) is 9.62. The molecule has 1 unspecified atom stereocenters. The van der Waals surface area contributed by atoms with Gasteiger partial charge in [0.2, 0.25) is 0 Å². The van der Waals surface area contributed by atoms with Crippen molar-refractivity contribution in [2.45, 2.75) is 25.8 Å². The molecular formula is C23H19Cl2NO5. The number of fused-ring (bicyclic) bond motifs is 2. The average Bonchev–Trinajstić information content (AvgIpc) is 3.12. The SMILES string of the molecule is COc1ccc(Cl)cc1N1C(=O)C(O)=C(C(=O)C(C)C)C12C(=O)Cc1cc(Cl)ccc12. The molecular weight excluding hydrogens is 441 g/mol. The molecule has 8 heteroatoms. The van der Waals surface area contributed by atoms with Crippen molar-refractivity contribution in [3.8, 4) is 5.75 Å². The van der Waals surface area contributed by atoms with Crippen LogP contribution < -0.4 is 9.64 Å². The smallest absolute Gasteiger partial charge is 0.295 e. The molecule has 0 aromatic heterocycles. The summed E-state index contributed by atoms with van der Waals surface area (Å²) in [5.74, 6) is -2.85. The van der Waals surface area contributed by atoms with Crippen molar-refractivity contribution in [1.82, 2.24) is 0 Å². The van der Waals surface area contributed by atoms with Crippen LogP contribution >= 0.6 is 23.2 Å². The normalized spacial score (nSPS) is 20.3. The maximum Gasteiger partial charge on any atom is 0.295 e. The molecule has 1 spiro atoms. The van der Waals surface area contributed by atoms with Gasteiger partial charge in [-0.25, -0.2) is 0 Å². The summed E-state index contributed by atoms with van der Waals surface area (Å²) >= 11 is 12.3. The van der Waals surface area contributed by atoms with Gasteiger partial charge < -0.3 is 9.84 Å². The van der Waals surface area contributed by atoms with Crippen molar-refractivity contribution in [2.24, 2.45) is 5.92 Å². The Kier molecular flexibility index (Phi) is 5.10. The van der Waals surface area contributed by atoms with E-state index < -0.39 is 34.7 Å². The number of carbonyl (C=O) groups excluding carboxylic acids is 3. The van der Waals surface area contributed by atoms with Crippen molar-refractivity contribution >= 4 is 46.4 Å². The Morgan fingerprint density at radius 1 is 1.13 bits per heavy atom. The molecule has 2 aromatic rings. The number of nitrogens with zero attached hydrogens (tertiary/aromatic N) is 1. The van der Waals surface area contributed by atoms with Gasteiger partial charge >= 0.3 is 0 Å². The summed E-state index contributed by atoms with van der Waals surface area (Å²) in [5, 5.41) is 11.6. The molecule has 1 N–H and O–H groups in total. The molecule has 31 heavy (non-hydrogen) atoms. The van der Waals surface area contributed by atoms with Crippen molar-refractivity contribution in [3.63, 3.8) is 0 Å². The van der Waals surface area contributed by atoms with E-state index in [4.69, 9.17) is 27.9 Å². The van der Waals surface area contributed by atoms with E-state index >= 15 is 0 Å². The van der Waals surface area contributed by atoms with E-state index in [1.165, 1.54) is 13.2 Å². The Morgan fingerprint density at radius 2 is 1.77 bits per heavy atom. The Bertz CT molecular complexity index is 1190. The van der Waals surface area contributed by atoms with Gasteiger partial charge in [0.25, 0.3) is 5.91 Å². The molecule has 1 atom stereocenters. The number of ether oxygens (including phenoxy) is 1. The number of benzene rings is 2. The van der Waals surface area contributed by atoms with E-state index in [2.05, 4.69) is 0 Å². The van der Waals surface area contributed by atoms with Crippen LogP contribution in [0.3, 0.4) is 0 Å². The third kappa shape index (κ3) is 2.89. The number of amides is 1. The van der Waals surface area contributed by atoms with Gasteiger partial charge in [0, 0.05) is 22.4 Å². The highest BCUT2D eigenvalue weighted by atomic mass is 35.5. The van der Waals surface area contributed by atoms with Gasteiger partial charge in [-0.3, -0.25) is 19.3 Å². The molecule has 0 saturated carbocycles. The minimum atomic E-state index is -1.83. The Balaban J connectivity index is 2.11. The van der Waals surface area contributed by atoms with Crippen LogP contribution in [0.1, 0.15) is 25.0 Å². The second-order valence-electron chi connectivity index (χ2n) is 7.81. The van der Waals surface area contributed by atoms with E-state index in [0.29, 0.717) is 21.2 Å². The van der Waals surface area contributed by atoms with Crippen molar-refractivity contribution < 1.29 is 24.2 Å². The number of anilines is 1. The molecule has 1 heterocycles. The summed E-state index contributed by atoms with van der Waals surface area (Å²) in [6, 6.07) is 9.44. The van der Waals surface area contributed by atoms with Gasteiger partial charge in [0.1, 0.15) is 5.75 Å². The molecule has 2 aromatic carbocycles. The summed E-state index contributed by atoms with van der Waals surface area (Å²) in [7, 11) is 1.41. The zero-order chi connectivity index (χ0) is 22.7. The summed E-state index contributed by atoms with van der Waals surface area (Å²) in [5.41, 5.74) is -0.888. The highest BCUT2D eigenvalue weighted by molar-refractivity contribution is 6.32. The van der Waals surface area contributed by atoms with Crippen molar-refractivity contribution in [1.29, 1.82) is 0 Å². The lowest BCUT2D eigenvalue weighted by Gasteiger charge is -2.37. The summed E-state index contributed by atoms with van der Waals surface area (Å²) < 4.78 is 5.41. The molecule has 1 aliphatic carbocycles. The number of aliphatic hydroxyl groups is 1. The molecule has 2 aliphatic rings. The molecule has 6 nitrogen and oxygen atoms in total. The lowest BCUT2D eigenvalue weighted by molar-refractivity contribution is -0.126. The van der Waals surface area contributed by atoms with Crippen LogP contribution in [0.25, 0.3) is 0 Å². The van der Waals surface area contributed by atoms with Gasteiger partial charge in [-0.05, 0) is 41.5 Å². The highest BCUT2D eigenvalue weighted by Gasteiger charge is 2.64. The maximum absolute atomic E-state index is 13.7. The number of hydrogen-bond donors (Lipinski definition) is 1. The van der Waals surface area contributed by atoms with Crippen LogP contribution in [-0.2, 0) is 26.3 Å². The fourth-order valence-electron chi connectivity index (χ4n) is 4.39. The molecule has 1 amide bonds. The predicted molar refractivity (Wildman–Crippen MR) is 117 cm³/mol. The first kappa shape index (κ1) is 21.4. The molecule has 0 fully saturated rings. The monoisotopic (exact) mass is 459 g/mol. The minimum Gasteiger partial charge on any atom is -0.503 e. The van der Waals surface area contributed by atoms with Crippen LogP contribution in [0.15, 0.2) is 47.7 Å². The predicted octanol–water partition coefficient (Wildman–Crippen LogP) is 4.41. The fourth-order valence-corrected chi connectivity index (χ4v) is 4.75. The Morgan fingerprint density at radius 3 is 2.42 bits per heavy atom. The fraction of sp³-hybridized carbons (Fsp3) is 0.261. The Labute approximate surface area is 189 Å². The van der Waals surface area contributed by atoms with Crippen LogP contribution in [0.5, 0.6) is 5.75 Å². The second-order valence-corrected chi connectivity index (χ2v) is 8.68. The second kappa shape index (κ2) is 7.39. The molecule has 4 rings (SSSR count). The van der Waals surface area contributed by atoms with E-state index in [-0.39, 0.29) is 23.4 Å². The topological polar surface area (TPSA) is 83.9 Å². The van der Waals surface area contributed by atoms with Gasteiger partial charge in [0.05, 0.1) is 18.4 Å². The first-order chi connectivity index (χ1) is 14.6. The number of hydrogen-bond acceptors (Lipinski definition) is 5. The van der Waals surface area contributed by atoms with Gasteiger partial charge in [0.15, 0.2) is 22.9 Å². The number of halogens is 2. The van der Waals surface area contributed by atoms with Gasteiger partial charge in [-0.15, -0.1) is 0 Å². The van der Waals surface area contributed by atoms with E-state index in [0.717, 1.165) is 4.90 Å². The summed E-state index contributed by atoms with van der Waals surface area (Å²) in [4.78, 5) is 41.4. The lowest BCUT2D eigenvalue weighted by Crippen LogP contribution is -2.51. The van der Waals surface area contributed by atoms with Crippen LogP contribution in [0.2, 0.25) is 10.0 Å². The molecule has 0 bridgehead atoms. The summed E-state index contributed by atoms with van der Waals surface area (Å²) in [6.07, 6.45) is -0.0509. The minimum absolute atomic E-state index is 0.0509. The zero-order valence-electron chi connectivity index (χ0n) is 17.0. The highest BCUT2D eigenvalue weighted by Crippen LogP contribution is 2.54. The first-order valence-corrected chi connectivity index (χ1v) is 10.4. The number of methoxy groups -OCH3 is 1. The standard InChI is InChI=1S/C23H19Cl2NO5/c1-11(2)20(28)19-21(29)22(30)26(16-10-14(25)5-7-17(16)31-3)23(19)15-6-4-13(24)8-12(15)9-18(23)27/h4-8,10-11,29H,9H2,1-3H3. The number of carbonyl (C=O) groups is 3. The van der Waals surface area contributed by atoms with Crippen LogP contribution in [-0.4, -0.2) is 29.7 Å². The van der Waals surface area contributed by atoms with Crippen LogP contribution in [0, 0.1) is 5.92 Å². The maximum atomic E-state index is 13.7. The third-order valence-electron chi connectivity index (χ3n) is 5.70. The molecule has 160 valence electrons. The number of ketones is 2. The van der Waals surface area contributed by atoms with Crippen molar-refractivity contribution in [3.05, 3.63) is 68.9 Å². The van der Waals surface area contributed by atoms with Crippen LogP contribution in [0.4, 0.5) is 5.69 Å². The largest absolute Gasteiger partial charge is 0.503 e. The van der Waals surface area contributed by atoms with E-state index in [1.807, 2.05) is 0 Å². The average molecular weight is 460 g/mol.